The van der Waals surface area contributed by atoms with Crippen molar-refractivity contribution in [3.8, 4) is 0 Å². The fourth-order valence-corrected chi connectivity index (χ4v) is 3.76. The molecule has 1 aromatic rings. The summed E-state index contributed by atoms with van der Waals surface area (Å²) in [7, 11) is 4.38. The number of piperidine rings is 1. The summed E-state index contributed by atoms with van der Waals surface area (Å²) in [4.78, 5) is 6.39. The summed E-state index contributed by atoms with van der Waals surface area (Å²) in [5.41, 5.74) is 0. The van der Waals surface area contributed by atoms with Crippen LogP contribution in [0.5, 0.6) is 0 Å². The Balaban J connectivity index is 1.93. The Morgan fingerprint density at radius 2 is 2.38 bits per heavy atom. The largest absolute Gasteiger partial charge is 0.305 e. The van der Waals surface area contributed by atoms with Gasteiger partial charge in [-0.1, -0.05) is 0 Å². The predicted octanol–water partition coefficient (Wildman–Crippen LogP) is 3.04. The lowest BCUT2D eigenvalue weighted by Crippen LogP contribution is -2.44. The predicted molar refractivity (Wildman–Crippen MR) is 74.0 cm³/mol. The van der Waals surface area contributed by atoms with E-state index in [1.807, 2.05) is 11.3 Å². The van der Waals surface area contributed by atoms with E-state index in [1.54, 1.807) is 0 Å². The molecule has 1 fully saturated rings. The molecule has 1 atom stereocenters. The second-order valence-electron chi connectivity index (χ2n) is 4.69. The zero-order valence-electron chi connectivity index (χ0n) is 9.95. The number of hydrogen-bond acceptors (Lipinski definition) is 3. The van der Waals surface area contributed by atoms with Crippen LogP contribution in [0.3, 0.4) is 0 Å². The number of halogens is 1. The van der Waals surface area contributed by atoms with Crippen LogP contribution in [0.25, 0.3) is 0 Å². The highest BCUT2D eigenvalue weighted by molar-refractivity contribution is 9.10. The molecule has 0 bridgehead atoms. The molecule has 0 saturated carbocycles. The Morgan fingerprint density at radius 3 is 3.00 bits per heavy atom. The minimum Gasteiger partial charge on any atom is -0.305 e. The molecule has 0 amide bonds. The van der Waals surface area contributed by atoms with Gasteiger partial charge in [0.05, 0.1) is 0 Å². The molecule has 0 aliphatic carbocycles. The molecule has 2 nitrogen and oxygen atoms in total. The molecule has 1 unspecified atom stereocenters. The number of hydrogen-bond donors (Lipinski definition) is 0. The van der Waals surface area contributed by atoms with Crippen LogP contribution in [0.4, 0.5) is 0 Å². The average molecular weight is 303 g/mol. The van der Waals surface area contributed by atoms with Gasteiger partial charge in [0.15, 0.2) is 0 Å². The number of thiophene rings is 1. The first-order valence-corrected chi connectivity index (χ1v) is 7.44. The molecule has 1 aliphatic rings. The highest BCUT2D eigenvalue weighted by Gasteiger charge is 2.21. The molecule has 0 aromatic carbocycles. The van der Waals surface area contributed by atoms with Crippen LogP contribution in [-0.4, -0.2) is 43.0 Å². The van der Waals surface area contributed by atoms with Crippen molar-refractivity contribution in [2.45, 2.75) is 25.4 Å². The SMILES string of the molecule is CN(C)C1CCCN(Cc2sccc2Br)C1. The first-order chi connectivity index (χ1) is 7.66. The van der Waals surface area contributed by atoms with Crippen LogP contribution >= 0.6 is 27.3 Å². The van der Waals surface area contributed by atoms with Crippen LogP contribution < -0.4 is 0 Å². The fourth-order valence-electron chi connectivity index (χ4n) is 2.24. The van der Waals surface area contributed by atoms with E-state index in [0.717, 1.165) is 12.6 Å². The quantitative estimate of drug-likeness (QED) is 0.847. The molecule has 1 aromatic heterocycles. The normalized spacial score (nSPS) is 22.9. The highest BCUT2D eigenvalue weighted by Crippen LogP contribution is 2.25. The zero-order chi connectivity index (χ0) is 11.5. The van der Waals surface area contributed by atoms with E-state index in [1.165, 1.54) is 35.3 Å². The van der Waals surface area contributed by atoms with Crippen molar-refractivity contribution in [1.29, 1.82) is 0 Å². The van der Waals surface area contributed by atoms with Gasteiger partial charge in [0.1, 0.15) is 0 Å². The summed E-state index contributed by atoms with van der Waals surface area (Å²) in [6.07, 6.45) is 2.67. The van der Waals surface area contributed by atoms with Crippen molar-refractivity contribution < 1.29 is 0 Å². The molecule has 2 rings (SSSR count). The van der Waals surface area contributed by atoms with Gasteiger partial charge in [-0.3, -0.25) is 4.90 Å². The van der Waals surface area contributed by atoms with Gasteiger partial charge in [-0.05, 0) is 60.9 Å². The maximum absolute atomic E-state index is 3.61. The van der Waals surface area contributed by atoms with Crippen LogP contribution in [0.2, 0.25) is 0 Å². The molecule has 16 heavy (non-hydrogen) atoms. The van der Waals surface area contributed by atoms with Gasteiger partial charge in [-0.15, -0.1) is 11.3 Å². The summed E-state index contributed by atoms with van der Waals surface area (Å²) in [5.74, 6) is 0. The minimum absolute atomic E-state index is 0.729. The lowest BCUT2D eigenvalue weighted by Gasteiger charge is -2.35. The monoisotopic (exact) mass is 302 g/mol. The summed E-state index contributed by atoms with van der Waals surface area (Å²) in [5, 5.41) is 2.16. The lowest BCUT2D eigenvalue weighted by atomic mass is 10.1. The topological polar surface area (TPSA) is 6.48 Å². The van der Waals surface area contributed by atoms with E-state index in [4.69, 9.17) is 0 Å². The molecule has 1 saturated heterocycles. The molecular formula is C12H19BrN2S. The van der Waals surface area contributed by atoms with Crippen LogP contribution in [-0.2, 0) is 6.54 Å². The molecule has 2 heterocycles. The van der Waals surface area contributed by atoms with Gasteiger partial charge in [-0.2, -0.15) is 0 Å². The Hall–Kier alpha value is 0.100. The van der Waals surface area contributed by atoms with Crippen molar-refractivity contribution in [2.75, 3.05) is 27.2 Å². The van der Waals surface area contributed by atoms with Gasteiger partial charge < -0.3 is 4.90 Å². The summed E-state index contributed by atoms with van der Waals surface area (Å²) < 4.78 is 1.27. The van der Waals surface area contributed by atoms with Gasteiger partial charge in [-0.25, -0.2) is 0 Å². The van der Waals surface area contributed by atoms with Crippen molar-refractivity contribution in [3.63, 3.8) is 0 Å². The molecule has 0 spiro atoms. The van der Waals surface area contributed by atoms with Crippen molar-refractivity contribution >= 4 is 27.3 Å². The van der Waals surface area contributed by atoms with E-state index < -0.39 is 0 Å². The van der Waals surface area contributed by atoms with Gasteiger partial charge >= 0.3 is 0 Å². The van der Waals surface area contributed by atoms with E-state index in [0.29, 0.717) is 0 Å². The highest BCUT2D eigenvalue weighted by atomic mass is 79.9. The summed E-state index contributed by atoms with van der Waals surface area (Å²) >= 11 is 5.46. The summed E-state index contributed by atoms with van der Waals surface area (Å²) in [6.45, 7) is 3.55. The van der Waals surface area contributed by atoms with Crippen LogP contribution in [0.1, 0.15) is 17.7 Å². The standard InChI is InChI=1S/C12H19BrN2S/c1-14(2)10-4-3-6-15(8-10)9-12-11(13)5-7-16-12/h5,7,10H,3-4,6,8-9H2,1-2H3. The second kappa shape index (κ2) is 5.63. The molecule has 0 radical (unpaired) electrons. The van der Waals surface area contributed by atoms with E-state index in [2.05, 4.69) is 51.3 Å². The molecule has 0 N–H and O–H groups in total. The number of nitrogens with zero attached hydrogens (tertiary/aromatic N) is 2. The Kier molecular flexibility index (Phi) is 4.41. The third-order valence-electron chi connectivity index (χ3n) is 3.27. The smallest absolute Gasteiger partial charge is 0.0339 e. The van der Waals surface area contributed by atoms with Crippen molar-refractivity contribution in [2.24, 2.45) is 0 Å². The Morgan fingerprint density at radius 1 is 1.56 bits per heavy atom. The Labute approximate surface area is 110 Å². The van der Waals surface area contributed by atoms with Crippen molar-refractivity contribution in [3.05, 3.63) is 20.8 Å². The van der Waals surface area contributed by atoms with Gasteiger partial charge in [0.25, 0.3) is 0 Å². The number of rotatable bonds is 3. The lowest BCUT2D eigenvalue weighted by molar-refractivity contribution is 0.128. The minimum atomic E-state index is 0.729. The first-order valence-electron chi connectivity index (χ1n) is 5.77. The second-order valence-corrected chi connectivity index (χ2v) is 6.54. The first kappa shape index (κ1) is 12.6. The van der Waals surface area contributed by atoms with Crippen molar-refractivity contribution in [1.82, 2.24) is 9.80 Å². The summed E-state index contributed by atoms with van der Waals surface area (Å²) in [6, 6.07) is 2.88. The molecule has 1 aliphatic heterocycles. The number of likely N-dealkylation sites (N-methyl/N-ethyl adjacent to an activating group) is 1. The van der Waals surface area contributed by atoms with E-state index in [9.17, 15) is 0 Å². The van der Waals surface area contributed by atoms with Gasteiger partial charge in [0, 0.05) is 28.5 Å². The zero-order valence-corrected chi connectivity index (χ0v) is 12.4. The van der Waals surface area contributed by atoms with Gasteiger partial charge in [0.2, 0.25) is 0 Å². The van der Waals surface area contributed by atoms with E-state index >= 15 is 0 Å². The maximum atomic E-state index is 3.61. The molecule has 90 valence electrons. The Bertz CT molecular complexity index is 338. The van der Waals surface area contributed by atoms with E-state index in [-0.39, 0.29) is 0 Å². The van der Waals surface area contributed by atoms with Crippen LogP contribution in [0, 0.1) is 0 Å². The third kappa shape index (κ3) is 3.06. The average Bonchev–Trinajstić information content (AvgIpc) is 2.65. The van der Waals surface area contributed by atoms with Crippen LogP contribution in [0.15, 0.2) is 15.9 Å². The number of likely N-dealkylation sites (tertiary alicyclic amines) is 1. The fraction of sp³-hybridized carbons (Fsp3) is 0.667. The molecule has 4 heteroatoms. The maximum Gasteiger partial charge on any atom is 0.0339 e. The third-order valence-corrected chi connectivity index (χ3v) is 5.18. The molecular weight excluding hydrogens is 284 g/mol.